The summed E-state index contributed by atoms with van der Waals surface area (Å²) < 4.78 is 15.4. The zero-order valence-electron chi connectivity index (χ0n) is 12.9. The molecule has 0 aliphatic rings. The van der Waals surface area contributed by atoms with E-state index in [4.69, 9.17) is 19.9 Å². The number of hydrogen-bond acceptors (Lipinski definition) is 5. The molecule has 6 heteroatoms. The molecule has 0 unspecified atom stereocenters. The fourth-order valence-corrected chi connectivity index (χ4v) is 1.91. The first-order chi connectivity index (χ1) is 10.2. The summed E-state index contributed by atoms with van der Waals surface area (Å²) in [5.41, 5.74) is 6.05. The Balaban J connectivity index is 2.95. The van der Waals surface area contributed by atoms with Gasteiger partial charge in [-0.1, -0.05) is 0 Å². The molecular formula is C15H24N2O4. The van der Waals surface area contributed by atoms with Crippen molar-refractivity contribution in [1.82, 2.24) is 4.90 Å². The van der Waals surface area contributed by atoms with Crippen LogP contribution in [0.3, 0.4) is 0 Å². The summed E-state index contributed by atoms with van der Waals surface area (Å²) in [6, 6.07) is 5.14. The molecule has 0 radical (unpaired) electrons. The summed E-state index contributed by atoms with van der Waals surface area (Å²) in [5.74, 6) is 1.09. The predicted molar refractivity (Wildman–Crippen MR) is 81.0 cm³/mol. The first kappa shape index (κ1) is 17.3. The van der Waals surface area contributed by atoms with Crippen LogP contribution < -0.4 is 15.2 Å². The smallest absolute Gasteiger partial charge is 0.254 e. The van der Waals surface area contributed by atoms with Crippen LogP contribution in [0, 0.1) is 0 Å². The van der Waals surface area contributed by atoms with Gasteiger partial charge in [0.25, 0.3) is 5.91 Å². The third-order valence-corrected chi connectivity index (χ3v) is 3.08. The number of amides is 1. The number of methoxy groups -OCH3 is 3. The molecule has 0 aliphatic carbocycles. The summed E-state index contributed by atoms with van der Waals surface area (Å²) in [6.45, 7) is 2.14. The van der Waals surface area contributed by atoms with Gasteiger partial charge >= 0.3 is 0 Å². The number of benzene rings is 1. The number of hydrogen-bond donors (Lipinski definition) is 1. The average Bonchev–Trinajstić information content (AvgIpc) is 2.53. The first-order valence-electron chi connectivity index (χ1n) is 6.87. The van der Waals surface area contributed by atoms with Crippen LogP contribution in [0.1, 0.15) is 16.8 Å². The lowest BCUT2D eigenvalue weighted by molar-refractivity contribution is 0.0694. The van der Waals surface area contributed by atoms with Crippen molar-refractivity contribution in [2.24, 2.45) is 5.73 Å². The van der Waals surface area contributed by atoms with E-state index >= 15 is 0 Å². The van der Waals surface area contributed by atoms with E-state index < -0.39 is 0 Å². The Hall–Kier alpha value is -1.79. The van der Waals surface area contributed by atoms with Crippen LogP contribution in [-0.4, -0.2) is 58.4 Å². The van der Waals surface area contributed by atoms with Crippen LogP contribution in [0.15, 0.2) is 18.2 Å². The molecule has 1 rings (SSSR count). The van der Waals surface area contributed by atoms with Gasteiger partial charge in [0.15, 0.2) is 0 Å². The molecule has 0 saturated carbocycles. The van der Waals surface area contributed by atoms with Crippen molar-refractivity contribution >= 4 is 5.91 Å². The third kappa shape index (κ3) is 5.24. The second-order valence-electron chi connectivity index (χ2n) is 4.53. The van der Waals surface area contributed by atoms with Gasteiger partial charge in [-0.25, -0.2) is 0 Å². The molecule has 0 fully saturated rings. The molecule has 0 saturated heterocycles. The van der Waals surface area contributed by atoms with E-state index in [1.165, 1.54) is 0 Å². The molecule has 0 spiro atoms. The van der Waals surface area contributed by atoms with Crippen molar-refractivity contribution in [2.45, 2.75) is 6.42 Å². The van der Waals surface area contributed by atoms with Crippen LogP contribution in [0.4, 0.5) is 0 Å². The number of ether oxygens (including phenoxy) is 3. The lowest BCUT2D eigenvalue weighted by Crippen LogP contribution is -2.35. The standard InChI is InChI=1S/C15H24N2O4/c1-19-8-7-17(6-4-5-16)15(18)12-9-13(20-2)11-14(10-12)21-3/h9-11H,4-8,16H2,1-3H3. The summed E-state index contributed by atoms with van der Waals surface area (Å²) >= 11 is 0. The van der Waals surface area contributed by atoms with E-state index in [1.807, 2.05) is 0 Å². The number of carbonyl (C=O) groups excluding carboxylic acids is 1. The topological polar surface area (TPSA) is 74.0 Å². The molecule has 2 N–H and O–H groups in total. The molecule has 1 amide bonds. The van der Waals surface area contributed by atoms with Crippen molar-refractivity contribution < 1.29 is 19.0 Å². The minimum absolute atomic E-state index is 0.0855. The molecule has 0 aromatic heterocycles. The molecule has 0 heterocycles. The minimum Gasteiger partial charge on any atom is -0.497 e. The van der Waals surface area contributed by atoms with E-state index in [2.05, 4.69) is 0 Å². The van der Waals surface area contributed by atoms with Gasteiger partial charge in [-0.05, 0) is 25.1 Å². The molecule has 6 nitrogen and oxygen atoms in total. The van der Waals surface area contributed by atoms with Crippen molar-refractivity contribution in [3.8, 4) is 11.5 Å². The van der Waals surface area contributed by atoms with Gasteiger partial charge in [-0.3, -0.25) is 4.79 Å². The molecule has 21 heavy (non-hydrogen) atoms. The summed E-state index contributed by atoms with van der Waals surface area (Å²) in [6.07, 6.45) is 0.747. The molecule has 0 aliphatic heterocycles. The number of nitrogens with zero attached hydrogens (tertiary/aromatic N) is 1. The second kappa shape index (κ2) is 9.20. The number of rotatable bonds is 9. The Morgan fingerprint density at radius 1 is 1.10 bits per heavy atom. The fraction of sp³-hybridized carbons (Fsp3) is 0.533. The van der Waals surface area contributed by atoms with E-state index in [-0.39, 0.29) is 5.91 Å². The first-order valence-corrected chi connectivity index (χ1v) is 6.87. The Morgan fingerprint density at radius 2 is 1.71 bits per heavy atom. The maximum atomic E-state index is 12.6. The zero-order chi connectivity index (χ0) is 15.7. The van der Waals surface area contributed by atoms with Gasteiger partial charge in [0, 0.05) is 31.8 Å². The van der Waals surface area contributed by atoms with Gasteiger partial charge in [-0.15, -0.1) is 0 Å². The maximum Gasteiger partial charge on any atom is 0.254 e. The second-order valence-corrected chi connectivity index (χ2v) is 4.53. The van der Waals surface area contributed by atoms with Gasteiger partial charge in [0.2, 0.25) is 0 Å². The summed E-state index contributed by atoms with van der Waals surface area (Å²) in [5, 5.41) is 0. The zero-order valence-corrected chi connectivity index (χ0v) is 12.9. The lowest BCUT2D eigenvalue weighted by Gasteiger charge is -2.22. The molecule has 0 bridgehead atoms. The SMILES string of the molecule is COCCN(CCCN)C(=O)c1cc(OC)cc(OC)c1. The Kier molecular flexibility index (Phi) is 7.56. The van der Waals surface area contributed by atoms with Crippen LogP contribution in [-0.2, 0) is 4.74 Å². The van der Waals surface area contributed by atoms with Crippen molar-refractivity contribution in [3.63, 3.8) is 0 Å². The van der Waals surface area contributed by atoms with Crippen molar-refractivity contribution in [3.05, 3.63) is 23.8 Å². The molecule has 1 aromatic carbocycles. The van der Waals surface area contributed by atoms with Crippen LogP contribution in [0.2, 0.25) is 0 Å². The van der Waals surface area contributed by atoms with E-state index in [0.717, 1.165) is 6.42 Å². The molecule has 118 valence electrons. The molecular weight excluding hydrogens is 272 g/mol. The Bertz CT molecular complexity index is 421. The average molecular weight is 296 g/mol. The highest BCUT2D eigenvalue weighted by Gasteiger charge is 2.17. The van der Waals surface area contributed by atoms with Gasteiger partial charge in [-0.2, -0.15) is 0 Å². The van der Waals surface area contributed by atoms with Crippen molar-refractivity contribution in [2.75, 3.05) is 47.6 Å². The molecule has 1 aromatic rings. The monoisotopic (exact) mass is 296 g/mol. The van der Waals surface area contributed by atoms with E-state index in [1.54, 1.807) is 44.4 Å². The maximum absolute atomic E-state index is 12.6. The lowest BCUT2D eigenvalue weighted by atomic mass is 10.1. The van der Waals surface area contributed by atoms with E-state index in [0.29, 0.717) is 43.3 Å². The highest BCUT2D eigenvalue weighted by atomic mass is 16.5. The van der Waals surface area contributed by atoms with Crippen LogP contribution in [0.5, 0.6) is 11.5 Å². The van der Waals surface area contributed by atoms with Crippen LogP contribution >= 0.6 is 0 Å². The number of carbonyl (C=O) groups is 1. The van der Waals surface area contributed by atoms with E-state index in [9.17, 15) is 4.79 Å². The summed E-state index contributed by atoms with van der Waals surface area (Å²) in [4.78, 5) is 14.3. The highest BCUT2D eigenvalue weighted by molar-refractivity contribution is 5.95. The fourth-order valence-electron chi connectivity index (χ4n) is 1.91. The predicted octanol–water partition coefficient (Wildman–Crippen LogP) is 1.14. The van der Waals surface area contributed by atoms with Gasteiger partial charge < -0.3 is 24.8 Å². The Morgan fingerprint density at radius 3 is 2.19 bits per heavy atom. The number of nitrogens with two attached hydrogens (primary N) is 1. The van der Waals surface area contributed by atoms with Crippen LogP contribution in [0.25, 0.3) is 0 Å². The highest BCUT2D eigenvalue weighted by Crippen LogP contribution is 2.23. The van der Waals surface area contributed by atoms with Crippen molar-refractivity contribution in [1.29, 1.82) is 0 Å². The molecule has 0 atom stereocenters. The van der Waals surface area contributed by atoms with Gasteiger partial charge in [0.05, 0.1) is 20.8 Å². The largest absolute Gasteiger partial charge is 0.497 e. The van der Waals surface area contributed by atoms with Gasteiger partial charge in [0.1, 0.15) is 11.5 Å². The quantitative estimate of drug-likeness (QED) is 0.740. The normalized spacial score (nSPS) is 10.3. The summed E-state index contributed by atoms with van der Waals surface area (Å²) in [7, 11) is 4.72. The Labute approximate surface area is 125 Å². The third-order valence-electron chi connectivity index (χ3n) is 3.08. The minimum atomic E-state index is -0.0855.